The van der Waals surface area contributed by atoms with Crippen LogP contribution in [0.3, 0.4) is 0 Å². The Kier molecular flexibility index (Phi) is 4.76. The van der Waals surface area contributed by atoms with Crippen LogP contribution >= 0.6 is 0 Å². The molecule has 1 saturated heterocycles. The van der Waals surface area contributed by atoms with Gasteiger partial charge in [0.2, 0.25) is 0 Å². The summed E-state index contributed by atoms with van der Waals surface area (Å²) in [5.41, 5.74) is 4.16. The molecule has 3 atom stereocenters. The number of hydrogen-bond acceptors (Lipinski definition) is 3. The molecule has 2 aliphatic rings. The number of methoxy groups -OCH3 is 1. The Balaban J connectivity index is 1.68. The van der Waals surface area contributed by atoms with Crippen molar-refractivity contribution in [1.29, 1.82) is 0 Å². The first-order valence-corrected chi connectivity index (χ1v) is 9.61. The zero-order valence-corrected chi connectivity index (χ0v) is 15.3. The number of fused-ring (bicyclic) bond motifs is 3. The lowest BCUT2D eigenvalue weighted by Gasteiger charge is -2.44. The van der Waals surface area contributed by atoms with Crippen molar-refractivity contribution in [3.63, 3.8) is 0 Å². The van der Waals surface area contributed by atoms with Gasteiger partial charge in [0.1, 0.15) is 5.75 Å². The normalized spacial score (nSPS) is 24.7. The fraction of sp³-hybridized carbons (Fsp3) is 0.500. The minimum Gasteiger partial charge on any atom is -0.497 e. The summed E-state index contributed by atoms with van der Waals surface area (Å²) in [6.45, 7) is 3.50. The Bertz CT molecular complexity index is 712. The monoisotopic (exact) mass is 336 g/mol. The van der Waals surface area contributed by atoms with E-state index in [1.807, 2.05) is 6.20 Å². The van der Waals surface area contributed by atoms with E-state index in [1.54, 1.807) is 7.11 Å². The maximum absolute atomic E-state index is 5.32. The number of aromatic nitrogens is 1. The van der Waals surface area contributed by atoms with E-state index in [0.717, 1.165) is 18.2 Å². The minimum absolute atomic E-state index is 0.395. The molecule has 3 nitrogen and oxygen atoms in total. The van der Waals surface area contributed by atoms with Gasteiger partial charge in [0.05, 0.1) is 18.8 Å². The molecule has 1 aliphatic carbocycles. The van der Waals surface area contributed by atoms with E-state index in [1.165, 1.54) is 48.9 Å². The van der Waals surface area contributed by atoms with Crippen molar-refractivity contribution in [3.8, 4) is 5.75 Å². The molecule has 0 saturated carbocycles. The number of rotatable bonds is 3. The Morgan fingerprint density at radius 3 is 2.72 bits per heavy atom. The highest BCUT2D eigenvalue weighted by molar-refractivity contribution is 5.30. The first kappa shape index (κ1) is 16.6. The van der Waals surface area contributed by atoms with E-state index in [9.17, 15) is 0 Å². The maximum atomic E-state index is 5.32. The van der Waals surface area contributed by atoms with Gasteiger partial charge < -0.3 is 4.74 Å². The molecule has 4 rings (SSSR count). The Labute approximate surface area is 151 Å². The van der Waals surface area contributed by atoms with Gasteiger partial charge in [-0.3, -0.25) is 9.88 Å². The summed E-state index contributed by atoms with van der Waals surface area (Å²) in [5, 5.41) is 0. The summed E-state index contributed by atoms with van der Waals surface area (Å²) >= 11 is 0. The molecule has 3 heteroatoms. The Morgan fingerprint density at radius 2 is 1.92 bits per heavy atom. The van der Waals surface area contributed by atoms with E-state index in [-0.39, 0.29) is 0 Å². The van der Waals surface area contributed by atoms with Gasteiger partial charge in [-0.05, 0) is 80.8 Å². The number of pyridine rings is 1. The molecule has 0 N–H and O–H groups in total. The zero-order valence-electron chi connectivity index (χ0n) is 15.3. The molecule has 0 amide bonds. The largest absolute Gasteiger partial charge is 0.497 e. The summed E-state index contributed by atoms with van der Waals surface area (Å²) < 4.78 is 5.32. The van der Waals surface area contributed by atoms with Gasteiger partial charge in [-0.2, -0.15) is 0 Å². The molecular weight excluding hydrogens is 308 g/mol. The van der Waals surface area contributed by atoms with Crippen molar-refractivity contribution in [3.05, 3.63) is 59.4 Å². The maximum Gasteiger partial charge on any atom is 0.118 e. The van der Waals surface area contributed by atoms with Crippen LogP contribution in [0.1, 0.15) is 61.5 Å². The molecule has 0 spiro atoms. The van der Waals surface area contributed by atoms with E-state index < -0.39 is 0 Å². The Morgan fingerprint density at radius 1 is 1.12 bits per heavy atom. The second kappa shape index (κ2) is 7.17. The van der Waals surface area contributed by atoms with E-state index in [0.29, 0.717) is 12.1 Å². The Hall–Kier alpha value is -1.87. The number of likely N-dealkylation sites (tertiary alicyclic amines) is 1. The molecule has 2 aromatic rings. The standard InChI is InChI=1S/C22H28N2O/c1-16(17-10-12-20(25-2)13-11-17)24-15-5-9-19-7-3-6-18-8-4-14-23-21(18)22(19)24/h4,8,10-14,16,19,22H,3,5-7,9,15H2,1-2H3/t16-,19-,22+/m1/s1. The van der Waals surface area contributed by atoms with Crippen LogP contribution in [-0.4, -0.2) is 23.5 Å². The predicted octanol–water partition coefficient (Wildman–Crippen LogP) is 4.94. The third kappa shape index (κ3) is 3.18. The first-order valence-electron chi connectivity index (χ1n) is 9.61. The number of piperidine rings is 1. The second-order valence-electron chi connectivity index (χ2n) is 7.47. The lowest BCUT2D eigenvalue weighted by Crippen LogP contribution is -2.40. The number of benzene rings is 1. The van der Waals surface area contributed by atoms with Crippen molar-refractivity contribution in [2.75, 3.05) is 13.7 Å². The second-order valence-corrected chi connectivity index (χ2v) is 7.47. The van der Waals surface area contributed by atoms with Crippen molar-refractivity contribution < 1.29 is 4.74 Å². The van der Waals surface area contributed by atoms with Crippen LogP contribution in [0.25, 0.3) is 0 Å². The van der Waals surface area contributed by atoms with Gasteiger partial charge in [-0.1, -0.05) is 18.2 Å². The smallest absolute Gasteiger partial charge is 0.118 e. The first-order chi connectivity index (χ1) is 12.3. The van der Waals surface area contributed by atoms with Gasteiger partial charge >= 0.3 is 0 Å². The highest BCUT2D eigenvalue weighted by Crippen LogP contribution is 2.45. The summed E-state index contributed by atoms with van der Waals surface area (Å²) in [6, 6.07) is 13.8. The third-order valence-corrected chi connectivity index (χ3v) is 6.12. The summed E-state index contributed by atoms with van der Waals surface area (Å²) in [6.07, 6.45) is 8.42. The molecule has 1 aliphatic heterocycles. The number of nitrogens with zero attached hydrogens (tertiary/aromatic N) is 2. The van der Waals surface area contributed by atoms with Crippen LogP contribution in [0.2, 0.25) is 0 Å². The van der Waals surface area contributed by atoms with Gasteiger partial charge in [-0.25, -0.2) is 0 Å². The zero-order chi connectivity index (χ0) is 17.2. The SMILES string of the molecule is COc1ccc([C@@H](C)N2CCC[C@H]3CCCc4cccnc4[C@H]32)cc1. The van der Waals surface area contributed by atoms with Gasteiger partial charge in [0.15, 0.2) is 0 Å². The molecule has 1 aromatic heterocycles. The van der Waals surface area contributed by atoms with Gasteiger partial charge in [0.25, 0.3) is 0 Å². The molecular formula is C22H28N2O. The van der Waals surface area contributed by atoms with Crippen LogP contribution in [0.5, 0.6) is 5.75 Å². The lowest BCUT2D eigenvalue weighted by atomic mass is 9.83. The van der Waals surface area contributed by atoms with Crippen molar-refractivity contribution in [2.45, 2.75) is 51.1 Å². The molecule has 2 heterocycles. The summed E-state index contributed by atoms with van der Waals surface area (Å²) in [5.74, 6) is 1.67. The van der Waals surface area contributed by atoms with Crippen LogP contribution in [0.4, 0.5) is 0 Å². The van der Waals surface area contributed by atoms with Crippen LogP contribution in [0, 0.1) is 5.92 Å². The van der Waals surface area contributed by atoms with E-state index >= 15 is 0 Å². The molecule has 0 bridgehead atoms. The molecule has 1 fully saturated rings. The fourth-order valence-electron chi connectivity index (χ4n) is 4.78. The number of aryl methyl sites for hydroxylation is 1. The highest BCUT2D eigenvalue weighted by Gasteiger charge is 2.38. The van der Waals surface area contributed by atoms with E-state index in [4.69, 9.17) is 9.72 Å². The lowest BCUT2D eigenvalue weighted by molar-refractivity contribution is 0.0510. The third-order valence-electron chi connectivity index (χ3n) is 6.12. The molecule has 132 valence electrons. The van der Waals surface area contributed by atoms with Crippen LogP contribution in [-0.2, 0) is 6.42 Å². The molecule has 25 heavy (non-hydrogen) atoms. The number of ether oxygens (including phenoxy) is 1. The fourth-order valence-corrected chi connectivity index (χ4v) is 4.78. The number of hydrogen-bond donors (Lipinski definition) is 0. The predicted molar refractivity (Wildman–Crippen MR) is 101 cm³/mol. The highest BCUT2D eigenvalue weighted by atomic mass is 16.5. The molecule has 0 radical (unpaired) electrons. The summed E-state index contributed by atoms with van der Waals surface area (Å²) in [7, 11) is 1.72. The molecule has 1 aromatic carbocycles. The average molecular weight is 336 g/mol. The van der Waals surface area contributed by atoms with Crippen molar-refractivity contribution in [1.82, 2.24) is 9.88 Å². The quantitative estimate of drug-likeness (QED) is 0.794. The van der Waals surface area contributed by atoms with Crippen LogP contribution in [0.15, 0.2) is 42.6 Å². The van der Waals surface area contributed by atoms with Crippen molar-refractivity contribution in [2.24, 2.45) is 5.92 Å². The van der Waals surface area contributed by atoms with Crippen molar-refractivity contribution >= 4 is 0 Å². The van der Waals surface area contributed by atoms with Gasteiger partial charge in [0, 0.05) is 12.2 Å². The van der Waals surface area contributed by atoms with E-state index in [2.05, 4.69) is 48.2 Å². The average Bonchev–Trinajstić information content (AvgIpc) is 2.87. The molecule has 0 unspecified atom stereocenters. The topological polar surface area (TPSA) is 25.4 Å². The van der Waals surface area contributed by atoms with Crippen LogP contribution < -0.4 is 4.74 Å². The van der Waals surface area contributed by atoms with Gasteiger partial charge in [-0.15, -0.1) is 0 Å². The summed E-state index contributed by atoms with van der Waals surface area (Å²) in [4.78, 5) is 7.56. The minimum atomic E-state index is 0.395.